The van der Waals surface area contributed by atoms with Crippen LogP contribution in [0.15, 0.2) is 66.0 Å². The molecule has 6 heteroatoms. The van der Waals surface area contributed by atoms with E-state index < -0.39 is 0 Å². The Kier molecular flexibility index (Phi) is 7.42. The van der Waals surface area contributed by atoms with Crippen LogP contribution in [0.2, 0.25) is 0 Å². The van der Waals surface area contributed by atoms with Crippen LogP contribution in [-0.2, 0) is 11.2 Å². The molecule has 1 aromatic heterocycles. The number of amides is 2. The molecule has 3 aromatic rings. The first-order chi connectivity index (χ1) is 17.5. The molecule has 1 saturated carbocycles. The molecule has 2 heterocycles. The van der Waals surface area contributed by atoms with E-state index >= 15 is 0 Å². The van der Waals surface area contributed by atoms with Gasteiger partial charge in [-0.3, -0.25) is 9.59 Å². The van der Waals surface area contributed by atoms with Gasteiger partial charge >= 0.3 is 0 Å². The van der Waals surface area contributed by atoms with Crippen molar-refractivity contribution in [1.82, 2.24) is 9.80 Å². The lowest BCUT2D eigenvalue weighted by Gasteiger charge is -2.37. The Morgan fingerprint density at radius 2 is 1.81 bits per heavy atom. The quantitative estimate of drug-likeness (QED) is 0.364. The summed E-state index contributed by atoms with van der Waals surface area (Å²) in [4.78, 5) is 32.0. The molecule has 0 spiro atoms. The Morgan fingerprint density at radius 1 is 1.06 bits per heavy atom. The number of carbonyl (C=O) groups is 2. The van der Waals surface area contributed by atoms with Crippen LogP contribution >= 0.6 is 11.3 Å². The number of nitrogens with zero attached hydrogens (tertiary/aromatic N) is 2. The third-order valence-corrected chi connectivity index (χ3v) is 8.18. The van der Waals surface area contributed by atoms with Crippen molar-refractivity contribution in [2.45, 2.75) is 45.1 Å². The van der Waals surface area contributed by atoms with Crippen LogP contribution in [0, 0.1) is 5.92 Å². The second kappa shape index (κ2) is 10.9. The van der Waals surface area contributed by atoms with E-state index in [-0.39, 0.29) is 24.4 Å². The average molecular weight is 503 g/mol. The summed E-state index contributed by atoms with van der Waals surface area (Å²) in [6.45, 7) is 6.13. The summed E-state index contributed by atoms with van der Waals surface area (Å²) >= 11 is 1.74. The van der Waals surface area contributed by atoms with Crippen LogP contribution in [-0.4, -0.2) is 47.9 Å². The van der Waals surface area contributed by atoms with Gasteiger partial charge in [0.15, 0.2) is 0 Å². The van der Waals surface area contributed by atoms with Crippen LogP contribution < -0.4 is 4.74 Å². The molecule has 0 saturated heterocycles. The third kappa shape index (κ3) is 5.65. The second-order valence-corrected chi connectivity index (χ2v) is 11.2. The Bertz CT molecular complexity index is 1180. The highest BCUT2D eigenvalue weighted by molar-refractivity contribution is 7.10. The van der Waals surface area contributed by atoms with Gasteiger partial charge in [-0.05, 0) is 77.9 Å². The minimum atomic E-state index is -0.160. The molecule has 1 atom stereocenters. The number of fused-ring (bicyclic) bond motifs is 1. The van der Waals surface area contributed by atoms with Gasteiger partial charge in [0.05, 0.1) is 6.04 Å². The van der Waals surface area contributed by atoms with Gasteiger partial charge in [-0.25, -0.2) is 0 Å². The van der Waals surface area contributed by atoms with E-state index in [0.717, 1.165) is 25.0 Å². The molecule has 2 aromatic carbocycles. The zero-order valence-corrected chi connectivity index (χ0v) is 21.9. The Labute approximate surface area is 217 Å². The fourth-order valence-corrected chi connectivity index (χ4v) is 5.78. The summed E-state index contributed by atoms with van der Waals surface area (Å²) in [6, 6.07) is 19.5. The SMILES string of the molecule is CC(C)c1ccc(OCC2c3ccsc3CCN2C(=O)CN(CC2CC2)C(=O)c2ccccc2)cc1. The molecule has 1 aliphatic heterocycles. The number of benzene rings is 2. The molecule has 2 amide bonds. The van der Waals surface area contributed by atoms with Gasteiger partial charge in [0.1, 0.15) is 18.9 Å². The summed E-state index contributed by atoms with van der Waals surface area (Å²) in [6.07, 6.45) is 3.09. The highest BCUT2D eigenvalue weighted by Gasteiger charge is 2.35. The lowest BCUT2D eigenvalue weighted by atomic mass is 10.00. The van der Waals surface area contributed by atoms with Gasteiger partial charge < -0.3 is 14.5 Å². The first-order valence-electron chi connectivity index (χ1n) is 12.9. The van der Waals surface area contributed by atoms with E-state index in [4.69, 9.17) is 4.74 Å². The zero-order valence-electron chi connectivity index (χ0n) is 21.1. The number of hydrogen-bond acceptors (Lipinski definition) is 4. The van der Waals surface area contributed by atoms with Crippen molar-refractivity contribution in [1.29, 1.82) is 0 Å². The number of thiophene rings is 1. The maximum absolute atomic E-state index is 13.7. The number of carbonyl (C=O) groups excluding carboxylic acids is 2. The standard InChI is InChI=1S/C30H34N2O3S/c1-21(2)23-10-12-25(13-11-23)35-20-27-26-15-17-36-28(26)14-16-32(27)29(33)19-31(18-22-8-9-22)30(34)24-6-4-3-5-7-24/h3-7,10-13,15,17,21-22,27H,8-9,14,16,18-20H2,1-2H3. The van der Waals surface area contributed by atoms with Crippen molar-refractivity contribution in [3.05, 3.63) is 87.6 Å². The van der Waals surface area contributed by atoms with Gasteiger partial charge in [-0.2, -0.15) is 0 Å². The lowest BCUT2D eigenvalue weighted by molar-refractivity contribution is -0.135. The predicted molar refractivity (Wildman–Crippen MR) is 144 cm³/mol. The van der Waals surface area contributed by atoms with Crippen LogP contribution in [0.25, 0.3) is 0 Å². The molecule has 36 heavy (non-hydrogen) atoms. The summed E-state index contributed by atoms with van der Waals surface area (Å²) in [7, 11) is 0. The van der Waals surface area contributed by atoms with E-state index in [1.54, 1.807) is 16.2 Å². The van der Waals surface area contributed by atoms with Gasteiger partial charge in [0.25, 0.3) is 5.91 Å². The fourth-order valence-electron chi connectivity index (χ4n) is 4.85. The van der Waals surface area contributed by atoms with Crippen molar-refractivity contribution in [2.24, 2.45) is 5.92 Å². The second-order valence-electron chi connectivity index (χ2n) is 10.2. The molecular formula is C30H34N2O3S. The van der Waals surface area contributed by atoms with E-state index in [2.05, 4.69) is 37.4 Å². The summed E-state index contributed by atoms with van der Waals surface area (Å²) in [5.41, 5.74) is 3.08. The molecule has 188 valence electrons. The van der Waals surface area contributed by atoms with Crippen LogP contribution in [0.3, 0.4) is 0 Å². The monoisotopic (exact) mass is 502 g/mol. The van der Waals surface area contributed by atoms with Crippen LogP contribution in [0.5, 0.6) is 5.75 Å². The maximum Gasteiger partial charge on any atom is 0.254 e. The molecule has 5 rings (SSSR count). The first kappa shape index (κ1) is 24.6. The van der Waals surface area contributed by atoms with E-state index in [1.807, 2.05) is 47.4 Å². The summed E-state index contributed by atoms with van der Waals surface area (Å²) in [5.74, 6) is 1.70. The molecule has 1 unspecified atom stereocenters. The van der Waals surface area contributed by atoms with E-state index in [1.165, 1.54) is 16.0 Å². The predicted octanol–water partition coefficient (Wildman–Crippen LogP) is 5.93. The van der Waals surface area contributed by atoms with Crippen molar-refractivity contribution < 1.29 is 14.3 Å². The molecule has 2 aliphatic rings. The normalized spacial score (nSPS) is 17.1. The molecule has 1 fully saturated rings. The smallest absolute Gasteiger partial charge is 0.254 e. The topological polar surface area (TPSA) is 49.9 Å². The Morgan fingerprint density at radius 3 is 2.50 bits per heavy atom. The van der Waals surface area contributed by atoms with E-state index in [0.29, 0.717) is 37.1 Å². The minimum absolute atomic E-state index is 0.0134. The Balaban J connectivity index is 1.32. The average Bonchev–Trinajstić information content (AvgIpc) is 3.59. The van der Waals surface area contributed by atoms with Gasteiger partial charge in [0.2, 0.25) is 5.91 Å². The van der Waals surface area contributed by atoms with Crippen molar-refractivity contribution >= 4 is 23.2 Å². The summed E-state index contributed by atoms with van der Waals surface area (Å²) < 4.78 is 6.21. The van der Waals surface area contributed by atoms with Crippen LogP contribution in [0.4, 0.5) is 0 Å². The highest BCUT2D eigenvalue weighted by atomic mass is 32.1. The summed E-state index contributed by atoms with van der Waals surface area (Å²) in [5, 5.41) is 2.10. The molecule has 0 N–H and O–H groups in total. The molecule has 0 radical (unpaired) electrons. The Hall–Kier alpha value is -3.12. The zero-order chi connectivity index (χ0) is 25.1. The number of ether oxygens (including phenoxy) is 1. The fraction of sp³-hybridized carbons (Fsp3) is 0.400. The minimum Gasteiger partial charge on any atom is -0.491 e. The number of rotatable bonds is 9. The van der Waals surface area contributed by atoms with Gasteiger partial charge in [0, 0.05) is 23.5 Å². The van der Waals surface area contributed by atoms with Crippen LogP contribution in [0.1, 0.15) is 65.0 Å². The van der Waals surface area contributed by atoms with Crippen molar-refractivity contribution in [3.63, 3.8) is 0 Å². The van der Waals surface area contributed by atoms with E-state index in [9.17, 15) is 9.59 Å². The van der Waals surface area contributed by atoms with Gasteiger partial charge in [-0.1, -0.05) is 44.2 Å². The van der Waals surface area contributed by atoms with Gasteiger partial charge in [-0.15, -0.1) is 11.3 Å². The first-order valence-corrected chi connectivity index (χ1v) is 13.8. The third-order valence-electron chi connectivity index (χ3n) is 7.18. The molecular weight excluding hydrogens is 468 g/mol. The maximum atomic E-state index is 13.7. The van der Waals surface area contributed by atoms with Crippen molar-refractivity contribution in [2.75, 3.05) is 26.2 Å². The van der Waals surface area contributed by atoms with Crippen molar-refractivity contribution in [3.8, 4) is 5.75 Å². The molecule has 1 aliphatic carbocycles. The largest absolute Gasteiger partial charge is 0.491 e. The highest BCUT2D eigenvalue weighted by Crippen LogP contribution is 2.35. The molecule has 5 nitrogen and oxygen atoms in total. The molecule has 0 bridgehead atoms. The number of hydrogen-bond donors (Lipinski definition) is 0. The lowest BCUT2D eigenvalue weighted by Crippen LogP contribution is -2.48.